The Labute approximate surface area is 182 Å². The van der Waals surface area contributed by atoms with Crippen molar-refractivity contribution in [3.8, 4) is 0 Å². The summed E-state index contributed by atoms with van der Waals surface area (Å²) in [7, 11) is 0. The third kappa shape index (κ3) is 4.94. The molecule has 162 valence electrons. The van der Waals surface area contributed by atoms with E-state index in [0.717, 1.165) is 37.2 Å². The summed E-state index contributed by atoms with van der Waals surface area (Å²) in [4.78, 5) is 25.1. The van der Waals surface area contributed by atoms with Gasteiger partial charge in [-0.25, -0.2) is 4.79 Å². The Balaban J connectivity index is 0.00000256. The van der Waals surface area contributed by atoms with Crippen LogP contribution in [0.25, 0.3) is 0 Å². The van der Waals surface area contributed by atoms with E-state index in [4.69, 9.17) is 0 Å². The Morgan fingerprint density at radius 1 is 1.20 bits per heavy atom. The molecule has 3 amide bonds. The average molecular weight is 433 g/mol. The molecule has 8 nitrogen and oxygen atoms in total. The van der Waals surface area contributed by atoms with Gasteiger partial charge in [0, 0.05) is 24.1 Å². The van der Waals surface area contributed by atoms with Crippen molar-refractivity contribution in [3.63, 3.8) is 0 Å². The van der Waals surface area contributed by atoms with Crippen molar-refractivity contribution >= 4 is 30.0 Å². The van der Waals surface area contributed by atoms with Gasteiger partial charge in [-0.15, -0.1) is 12.4 Å². The van der Waals surface area contributed by atoms with E-state index in [0.29, 0.717) is 18.9 Å². The van der Waals surface area contributed by atoms with Gasteiger partial charge in [0.05, 0.1) is 6.04 Å². The topological polar surface area (TPSA) is 100 Å². The molecule has 0 bridgehead atoms. The molecule has 4 rings (SSSR count). The molecule has 1 aromatic heterocycles. The smallest absolute Gasteiger partial charge is 0.319 e. The van der Waals surface area contributed by atoms with Gasteiger partial charge in [-0.2, -0.15) is 5.10 Å². The van der Waals surface area contributed by atoms with Crippen molar-refractivity contribution in [1.82, 2.24) is 25.7 Å². The largest absolute Gasteiger partial charge is 0.347 e. The molecule has 1 aromatic carbocycles. The first-order valence-corrected chi connectivity index (χ1v) is 10.3. The van der Waals surface area contributed by atoms with E-state index in [1.807, 2.05) is 43.5 Å². The summed E-state index contributed by atoms with van der Waals surface area (Å²) in [6.07, 6.45) is 7.09. The third-order valence-corrected chi connectivity index (χ3v) is 5.73. The number of aromatic nitrogens is 2. The Kier molecular flexibility index (Phi) is 6.99. The number of urea groups is 1. The molecular weight excluding hydrogens is 404 g/mol. The maximum Gasteiger partial charge on any atom is 0.319 e. The summed E-state index contributed by atoms with van der Waals surface area (Å²) in [6, 6.07) is 9.43. The van der Waals surface area contributed by atoms with E-state index in [2.05, 4.69) is 26.4 Å². The molecule has 2 aliphatic rings. The fourth-order valence-electron chi connectivity index (χ4n) is 3.77. The van der Waals surface area contributed by atoms with Gasteiger partial charge in [0.15, 0.2) is 0 Å². The van der Waals surface area contributed by atoms with E-state index in [1.165, 1.54) is 0 Å². The van der Waals surface area contributed by atoms with E-state index < -0.39 is 5.54 Å². The lowest BCUT2D eigenvalue weighted by Gasteiger charge is -2.37. The molecule has 1 aliphatic heterocycles. The number of nitrogens with one attached hydrogen (secondary N) is 4. The first kappa shape index (κ1) is 22.1. The summed E-state index contributed by atoms with van der Waals surface area (Å²) in [5.74, 6) is -0.0128. The zero-order chi connectivity index (χ0) is 20.3. The van der Waals surface area contributed by atoms with Crippen molar-refractivity contribution in [1.29, 1.82) is 0 Å². The lowest BCUT2D eigenvalue weighted by molar-refractivity contribution is -0.132. The molecule has 1 atom stereocenters. The predicted octanol–water partition coefficient (Wildman–Crippen LogP) is 2.54. The zero-order valence-electron chi connectivity index (χ0n) is 17.1. The summed E-state index contributed by atoms with van der Waals surface area (Å²) in [5.41, 5.74) is 1.05. The standard InChI is InChI=1S/C21H28N6O2.ClH/c1-15(16-3-5-17(6-4-16)25-20(29)26-18-7-8-18)24-19(28)21(9-12-22-13-10-21)27-14-2-11-23-27;/h2-6,11,14-15,18,22H,7-10,12-13H2,1H3,(H,24,28)(H2,25,26,29);1H. The first-order valence-electron chi connectivity index (χ1n) is 10.3. The van der Waals surface area contributed by atoms with Crippen LogP contribution in [0.5, 0.6) is 0 Å². The number of piperidine rings is 1. The van der Waals surface area contributed by atoms with Crippen LogP contribution in [0.3, 0.4) is 0 Å². The highest BCUT2D eigenvalue weighted by Crippen LogP contribution is 2.28. The van der Waals surface area contributed by atoms with Crippen LogP contribution in [0.1, 0.15) is 44.2 Å². The normalized spacial score (nSPS) is 18.6. The van der Waals surface area contributed by atoms with Gasteiger partial charge in [0.25, 0.3) is 0 Å². The number of nitrogens with zero attached hydrogens (tertiary/aromatic N) is 2. The molecule has 2 fully saturated rings. The molecule has 2 heterocycles. The number of benzene rings is 1. The summed E-state index contributed by atoms with van der Waals surface area (Å²) >= 11 is 0. The number of halogens is 1. The lowest BCUT2D eigenvalue weighted by atomic mass is 9.87. The van der Waals surface area contributed by atoms with Crippen LogP contribution >= 0.6 is 12.4 Å². The highest BCUT2D eigenvalue weighted by Gasteiger charge is 2.42. The van der Waals surface area contributed by atoms with Gasteiger partial charge in [-0.3, -0.25) is 9.48 Å². The molecule has 9 heteroatoms. The van der Waals surface area contributed by atoms with Gasteiger partial charge in [0.2, 0.25) is 5.91 Å². The Morgan fingerprint density at radius 2 is 1.90 bits per heavy atom. The number of anilines is 1. The molecule has 2 aromatic rings. The number of carbonyl (C=O) groups is 2. The second-order valence-electron chi connectivity index (χ2n) is 7.92. The zero-order valence-corrected chi connectivity index (χ0v) is 17.9. The number of hydrogen-bond acceptors (Lipinski definition) is 4. The molecule has 30 heavy (non-hydrogen) atoms. The molecule has 1 saturated heterocycles. The van der Waals surface area contributed by atoms with Crippen molar-refractivity contribution in [3.05, 3.63) is 48.3 Å². The number of carbonyl (C=O) groups excluding carboxylic acids is 2. The minimum absolute atomic E-state index is 0. The molecule has 1 unspecified atom stereocenters. The Bertz CT molecular complexity index is 845. The minimum atomic E-state index is -0.661. The molecular formula is C21H29ClN6O2. The van der Waals surface area contributed by atoms with Crippen molar-refractivity contribution in [2.45, 2.75) is 50.2 Å². The van der Waals surface area contributed by atoms with Gasteiger partial charge in [-0.1, -0.05) is 12.1 Å². The van der Waals surface area contributed by atoms with Crippen LogP contribution in [0.4, 0.5) is 10.5 Å². The molecule has 1 saturated carbocycles. The quantitative estimate of drug-likeness (QED) is 0.563. The van der Waals surface area contributed by atoms with Crippen LogP contribution in [0, 0.1) is 0 Å². The van der Waals surface area contributed by atoms with Crippen LogP contribution in [-0.4, -0.2) is 40.9 Å². The lowest BCUT2D eigenvalue weighted by Crippen LogP contribution is -2.55. The fraction of sp³-hybridized carbons (Fsp3) is 0.476. The van der Waals surface area contributed by atoms with E-state index in [9.17, 15) is 9.59 Å². The van der Waals surface area contributed by atoms with Gasteiger partial charge in [0.1, 0.15) is 5.54 Å². The van der Waals surface area contributed by atoms with E-state index >= 15 is 0 Å². The number of amides is 3. The monoisotopic (exact) mass is 432 g/mol. The highest BCUT2D eigenvalue weighted by atomic mass is 35.5. The second kappa shape index (κ2) is 9.49. The summed E-state index contributed by atoms with van der Waals surface area (Å²) in [6.45, 7) is 3.54. The molecule has 1 aliphatic carbocycles. The van der Waals surface area contributed by atoms with Gasteiger partial charge >= 0.3 is 6.03 Å². The minimum Gasteiger partial charge on any atom is -0.347 e. The third-order valence-electron chi connectivity index (χ3n) is 5.73. The van der Waals surface area contributed by atoms with Crippen molar-refractivity contribution in [2.24, 2.45) is 0 Å². The maximum absolute atomic E-state index is 13.3. The molecule has 0 spiro atoms. The molecule has 0 radical (unpaired) electrons. The summed E-state index contributed by atoms with van der Waals surface area (Å²) < 4.78 is 1.79. The molecule has 4 N–H and O–H groups in total. The van der Waals surface area contributed by atoms with Gasteiger partial charge in [-0.05, 0) is 69.5 Å². The average Bonchev–Trinajstić information content (AvgIpc) is 3.36. The maximum atomic E-state index is 13.3. The SMILES string of the molecule is CC(NC(=O)C1(n2cccn2)CCNCC1)c1ccc(NC(=O)NC2CC2)cc1.Cl. The van der Waals surface area contributed by atoms with Crippen LogP contribution in [0.2, 0.25) is 0 Å². The van der Waals surface area contributed by atoms with Crippen molar-refractivity contribution in [2.75, 3.05) is 18.4 Å². The number of rotatable bonds is 6. The fourth-order valence-corrected chi connectivity index (χ4v) is 3.77. The first-order chi connectivity index (χ1) is 14.1. The summed E-state index contributed by atoms with van der Waals surface area (Å²) in [5, 5.41) is 16.6. The van der Waals surface area contributed by atoms with Crippen LogP contribution in [0.15, 0.2) is 42.7 Å². The van der Waals surface area contributed by atoms with Crippen LogP contribution in [-0.2, 0) is 10.3 Å². The second-order valence-corrected chi connectivity index (χ2v) is 7.92. The Hall–Kier alpha value is -2.58. The highest BCUT2D eigenvalue weighted by molar-refractivity contribution is 5.89. The van der Waals surface area contributed by atoms with E-state index in [-0.39, 0.29) is 30.4 Å². The predicted molar refractivity (Wildman–Crippen MR) is 118 cm³/mol. The number of hydrogen-bond donors (Lipinski definition) is 4. The van der Waals surface area contributed by atoms with Gasteiger partial charge < -0.3 is 21.3 Å². The van der Waals surface area contributed by atoms with Crippen molar-refractivity contribution < 1.29 is 9.59 Å². The Morgan fingerprint density at radius 3 is 2.50 bits per heavy atom. The van der Waals surface area contributed by atoms with E-state index in [1.54, 1.807) is 10.9 Å². The van der Waals surface area contributed by atoms with Crippen LogP contribution < -0.4 is 21.3 Å².